The molecule has 25 heavy (non-hydrogen) atoms. The second kappa shape index (κ2) is 7.77. The van der Waals surface area contributed by atoms with Crippen molar-refractivity contribution in [1.29, 1.82) is 0 Å². The zero-order chi connectivity index (χ0) is 18.6. The number of rotatable bonds is 6. The molecule has 1 amide bonds. The van der Waals surface area contributed by atoms with Crippen LogP contribution < -0.4 is 5.32 Å². The summed E-state index contributed by atoms with van der Waals surface area (Å²) in [4.78, 5) is 22.0. The molecule has 0 unspecified atom stereocenters. The predicted octanol–water partition coefficient (Wildman–Crippen LogP) is 1.70. The van der Waals surface area contributed by atoms with Crippen LogP contribution in [-0.4, -0.2) is 33.7 Å². The van der Waals surface area contributed by atoms with E-state index in [0.29, 0.717) is 6.07 Å². The highest BCUT2D eigenvalue weighted by Crippen LogP contribution is 2.21. The molecule has 0 saturated heterocycles. The fraction of sp³-hybridized carbons (Fsp3) is 0.188. The van der Waals surface area contributed by atoms with Crippen molar-refractivity contribution < 1.29 is 28.7 Å². The van der Waals surface area contributed by atoms with Crippen LogP contribution in [0.2, 0.25) is 0 Å². The third-order valence-corrected chi connectivity index (χ3v) is 3.52. The van der Waals surface area contributed by atoms with Crippen molar-refractivity contribution in [2.24, 2.45) is 0 Å². The molecular formula is C16H14F2N2O5. The Hall–Kier alpha value is -2.91. The maximum atomic E-state index is 13.6. The number of carbonyl (C=O) groups excluding carboxylic acids is 1. The number of nitro benzene ring substituents is 1. The lowest BCUT2D eigenvalue weighted by Gasteiger charge is -2.22. The van der Waals surface area contributed by atoms with Gasteiger partial charge in [0.15, 0.2) is 0 Å². The number of halogens is 2. The number of nitro groups is 1. The van der Waals surface area contributed by atoms with Gasteiger partial charge in [0.1, 0.15) is 17.7 Å². The number of hydrogen-bond donors (Lipinski definition) is 3. The Kier molecular flexibility index (Phi) is 5.73. The Bertz CT molecular complexity index is 783. The summed E-state index contributed by atoms with van der Waals surface area (Å²) in [6, 6.07) is 6.05. The molecule has 0 heterocycles. The van der Waals surface area contributed by atoms with E-state index in [1.54, 1.807) is 0 Å². The SMILES string of the molecule is O=C(N[C@H](CO)[C@H](O)c1ccc([N+](=O)[O-])cc1)c1ccc(F)cc1F. The van der Waals surface area contributed by atoms with Crippen molar-refractivity contribution in [2.45, 2.75) is 12.1 Å². The lowest BCUT2D eigenvalue weighted by Crippen LogP contribution is -2.42. The molecule has 0 saturated carbocycles. The lowest BCUT2D eigenvalue weighted by atomic mass is 10.0. The van der Waals surface area contributed by atoms with Gasteiger partial charge in [-0.3, -0.25) is 14.9 Å². The van der Waals surface area contributed by atoms with Crippen LogP contribution in [0.4, 0.5) is 14.5 Å². The molecule has 2 atom stereocenters. The molecule has 2 aromatic rings. The molecule has 0 aliphatic rings. The van der Waals surface area contributed by atoms with E-state index in [0.717, 1.165) is 24.3 Å². The van der Waals surface area contributed by atoms with E-state index in [1.807, 2.05) is 0 Å². The van der Waals surface area contributed by atoms with Crippen LogP contribution in [0.3, 0.4) is 0 Å². The number of non-ortho nitro benzene ring substituents is 1. The molecule has 0 spiro atoms. The molecule has 3 N–H and O–H groups in total. The Morgan fingerprint density at radius 3 is 2.36 bits per heavy atom. The summed E-state index contributed by atoms with van der Waals surface area (Å²) < 4.78 is 26.5. The second-order valence-electron chi connectivity index (χ2n) is 5.18. The molecule has 132 valence electrons. The Morgan fingerprint density at radius 1 is 1.20 bits per heavy atom. The van der Waals surface area contributed by atoms with Crippen molar-refractivity contribution in [3.63, 3.8) is 0 Å². The van der Waals surface area contributed by atoms with Gasteiger partial charge in [-0.2, -0.15) is 0 Å². The van der Waals surface area contributed by atoms with Gasteiger partial charge >= 0.3 is 0 Å². The van der Waals surface area contributed by atoms with Gasteiger partial charge in [0.2, 0.25) is 0 Å². The first kappa shape index (κ1) is 18.4. The normalized spacial score (nSPS) is 13.1. The Labute approximate surface area is 140 Å². The van der Waals surface area contributed by atoms with Gasteiger partial charge in [0.05, 0.1) is 23.1 Å². The number of benzene rings is 2. The first-order valence-corrected chi connectivity index (χ1v) is 7.12. The molecule has 0 bridgehead atoms. The summed E-state index contributed by atoms with van der Waals surface area (Å²) in [7, 11) is 0. The highest BCUT2D eigenvalue weighted by Gasteiger charge is 2.24. The van der Waals surface area contributed by atoms with E-state index < -0.39 is 46.8 Å². The molecule has 0 aliphatic carbocycles. The molecule has 0 aliphatic heterocycles. The van der Waals surface area contributed by atoms with Crippen molar-refractivity contribution in [3.8, 4) is 0 Å². The molecule has 2 aromatic carbocycles. The summed E-state index contributed by atoms with van der Waals surface area (Å²) in [6.45, 7) is -0.674. The molecular weight excluding hydrogens is 338 g/mol. The van der Waals surface area contributed by atoms with E-state index in [2.05, 4.69) is 5.32 Å². The van der Waals surface area contributed by atoms with Gasteiger partial charge < -0.3 is 15.5 Å². The van der Waals surface area contributed by atoms with Gasteiger partial charge in [-0.25, -0.2) is 8.78 Å². The fourth-order valence-corrected chi connectivity index (χ4v) is 2.17. The first-order chi connectivity index (χ1) is 11.8. The van der Waals surface area contributed by atoms with E-state index in [-0.39, 0.29) is 11.3 Å². The number of carbonyl (C=O) groups is 1. The lowest BCUT2D eigenvalue weighted by molar-refractivity contribution is -0.384. The number of aliphatic hydroxyl groups is 2. The predicted molar refractivity (Wildman–Crippen MR) is 82.8 cm³/mol. The monoisotopic (exact) mass is 352 g/mol. The van der Waals surface area contributed by atoms with E-state index in [1.165, 1.54) is 12.1 Å². The topological polar surface area (TPSA) is 113 Å². The highest BCUT2D eigenvalue weighted by molar-refractivity contribution is 5.94. The smallest absolute Gasteiger partial charge is 0.269 e. The van der Waals surface area contributed by atoms with Gasteiger partial charge in [-0.15, -0.1) is 0 Å². The number of aliphatic hydroxyl groups excluding tert-OH is 2. The van der Waals surface area contributed by atoms with Crippen LogP contribution in [0, 0.1) is 21.7 Å². The van der Waals surface area contributed by atoms with Crippen LogP contribution in [0.25, 0.3) is 0 Å². The minimum atomic E-state index is -1.39. The van der Waals surface area contributed by atoms with Gasteiger partial charge in [0, 0.05) is 18.2 Å². The number of hydrogen-bond acceptors (Lipinski definition) is 5. The fourth-order valence-electron chi connectivity index (χ4n) is 2.17. The Balaban J connectivity index is 2.15. The molecule has 0 fully saturated rings. The first-order valence-electron chi connectivity index (χ1n) is 7.12. The van der Waals surface area contributed by atoms with Gasteiger partial charge in [-0.1, -0.05) is 0 Å². The minimum absolute atomic E-state index is 0.186. The summed E-state index contributed by atoms with van der Waals surface area (Å²) in [5.74, 6) is -2.88. The second-order valence-corrected chi connectivity index (χ2v) is 5.18. The quantitative estimate of drug-likeness (QED) is 0.541. The third kappa shape index (κ3) is 4.34. The van der Waals surface area contributed by atoms with Crippen LogP contribution in [-0.2, 0) is 0 Å². The van der Waals surface area contributed by atoms with Crippen molar-refractivity contribution in [1.82, 2.24) is 5.32 Å². The summed E-state index contributed by atoms with van der Waals surface area (Å²) in [5, 5.41) is 32.5. The van der Waals surface area contributed by atoms with E-state index >= 15 is 0 Å². The molecule has 2 rings (SSSR count). The van der Waals surface area contributed by atoms with E-state index in [4.69, 9.17) is 0 Å². The maximum absolute atomic E-state index is 13.6. The minimum Gasteiger partial charge on any atom is -0.394 e. The van der Waals surface area contributed by atoms with Crippen LogP contribution in [0.15, 0.2) is 42.5 Å². The van der Waals surface area contributed by atoms with Gasteiger partial charge in [0.25, 0.3) is 11.6 Å². The number of amides is 1. The maximum Gasteiger partial charge on any atom is 0.269 e. The largest absolute Gasteiger partial charge is 0.394 e. The number of nitrogens with zero attached hydrogens (tertiary/aromatic N) is 1. The summed E-state index contributed by atoms with van der Waals surface area (Å²) in [6.07, 6.45) is -1.39. The molecule has 9 heteroatoms. The molecule has 0 aromatic heterocycles. The van der Waals surface area contributed by atoms with Crippen LogP contribution in [0.5, 0.6) is 0 Å². The summed E-state index contributed by atoms with van der Waals surface area (Å²) in [5.41, 5.74) is -0.422. The third-order valence-electron chi connectivity index (χ3n) is 3.52. The molecule has 0 radical (unpaired) electrons. The van der Waals surface area contributed by atoms with Crippen molar-refractivity contribution in [3.05, 3.63) is 75.3 Å². The average Bonchev–Trinajstić information content (AvgIpc) is 2.58. The van der Waals surface area contributed by atoms with Crippen molar-refractivity contribution >= 4 is 11.6 Å². The molecule has 7 nitrogen and oxygen atoms in total. The summed E-state index contributed by atoms with van der Waals surface area (Å²) >= 11 is 0. The Morgan fingerprint density at radius 2 is 1.84 bits per heavy atom. The average molecular weight is 352 g/mol. The van der Waals surface area contributed by atoms with Gasteiger partial charge in [-0.05, 0) is 29.8 Å². The highest BCUT2D eigenvalue weighted by atomic mass is 19.1. The van der Waals surface area contributed by atoms with Crippen molar-refractivity contribution in [2.75, 3.05) is 6.61 Å². The zero-order valence-electron chi connectivity index (χ0n) is 12.7. The number of nitrogens with one attached hydrogen (secondary N) is 1. The van der Waals surface area contributed by atoms with E-state index in [9.17, 15) is 33.9 Å². The van der Waals surface area contributed by atoms with Crippen LogP contribution >= 0.6 is 0 Å². The van der Waals surface area contributed by atoms with Crippen LogP contribution in [0.1, 0.15) is 22.0 Å². The standard InChI is InChI=1S/C16H14F2N2O5/c17-10-3-6-12(13(18)7-10)16(23)19-14(8-21)15(22)9-1-4-11(5-2-9)20(24)25/h1-7,14-15,21-22H,8H2,(H,19,23)/t14-,15-/m1/s1. The zero-order valence-corrected chi connectivity index (χ0v) is 12.7.